The molecule has 2 aromatic rings. The summed E-state index contributed by atoms with van der Waals surface area (Å²) < 4.78 is 20.0. The molecule has 1 N–H and O–H groups in total. The van der Waals surface area contributed by atoms with Gasteiger partial charge in [0.25, 0.3) is 0 Å². The average Bonchev–Trinajstić information content (AvgIpc) is 2.46. The van der Waals surface area contributed by atoms with Crippen LogP contribution < -0.4 is 10.1 Å². The molecule has 1 heterocycles. The van der Waals surface area contributed by atoms with E-state index in [0.29, 0.717) is 5.02 Å². The lowest BCUT2D eigenvalue weighted by atomic mass is 9.93. The van der Waals surface area contributed by atoms with E-state index >= 15 is 0 Å². The van der Waals surface area contributed by atoms with Crippen LogP contribution in [-0.4, -0.2) is 7.05 Å². The third kappa shape index (κ3) is 2.93. The van der Waals surface area contributed by atoms with Gasteiger partial charge in [-0.3, -0.25) is 0 Å². The monoisotopic (exact) mass is 369 g/mol. The lowest BCUT2D eigenvalue weighted by Gasteiger charge is -2.33. The zero-order valence-corrected chi connectivity index (χ0v) is 13.7. The number of halogens is 3. The molecule has 0 saturated carbocycles. The summed E-state index contributed by atoms with van der Waals surface area (Å²) in [6.07, 6.45) is 0.625. The summed E-state index contributed by atoms with van der Waals surface area (Å²) in [7, 11) is 1.91. The molecule has 0 radical (unpaired) electrons. The topological polar surface area (TPSA) is 21.3 Å². The molecule has 2 unspecified atom stereocenters. The molecule has 0 fully saturated rings. The van der Waals surface area contributed by atoms with Crippen LogP contribution in [0.4, 0.5) is 4.39 Å². The van der Waals surface area contributed by atoms with E-state index in [-0.39, 0.29) is 18.0 Å². The fraction of sp³-hybridized carbons (Fsp3) is 0.250. The molecular formula is C16H14BrClFNO. The van der Waals surface area contributed by atoms with Crippen LogP contribution in [0.25, 0.3) is 0 Å². The van der Waals surface area contributed by atoms with Crippen LogP contribution in [0.1, 0.15) is 29.7 Å². The smallest absolute Gasteiger partial charge is 0.127 e. The maximum absolute atomic E-state index is 13.2. The molecular weight excluding hydrogens is 357 g/mol. The fourth-order valence-electron chi connectivity index (χ4n) is 2.67. The Kier molecular flexibility index (Phi) is 4.20. The second kappa shape index (κ2) is 5.95. The van der Waals surface area contributed by atoms with E-state index in [4.69, 9.17) is 16.3 Å². The van der Waals surface area contributed by atoms with Crippen molar-refractivity contribution < 1.29 is 9.13 Å². The molecule has 21 heavy (non-hydrogen) atoms. The average molecular weight is 371 g/mol. The minimum Gasteiger partial charge on any atom is -0.485 e. The van der Waals surface area contributed by atoms with E-state index in [2.05, 4.69) is 21.2 Å². The molecule has 2 nitrogen and oxygen atoms in total. The van der Waals surface area contributed by atoms with E-state index < -0.39 is 0 Å². The summed E-state index contributed by atoms with van der Waals surface area (Å²) in [5.41, 5.74) is 2.00. The highest BCUT2D eigenvalue weighted by Crippen LogP contribution is 2.43. The molecule has 0 spiro atoms. The van der Waals surface area contributed by atoms with Gasteiger partial charge in [0.15, 0.2) is 0 Å². The Hall–Kier alpha value is -1.10. The van der Waals surface area contributed by atoms with Crippen molar-refractivity contribution in [3.05, 3.63) is 62.8 Å². The van der Waals surface area contributed by atoms with Gasteiger partial charge < -0.3 is 10.1 Å². The van der Waals surface area contributed by atoms with Crippen LogP contribution in [0.2, 0.25) is 5.02 Å². The van der Waals surface area contributed by atoms with Gasteiger partial charge in [0.05, 0.1) is 0 Å². The van der Waals surface area contributed by atoms with Crippen molar-refractivity contribution in [1.82, 2.24) is 5.32 Å². The van der Waals surface area contributed by atoms with Crippen LogP contribution in [0, 0.1) is 5.82 Å². The Balaban J connectivity index is 1.98. The van der Waals surface area contributed by atoms with Gasteiger partial charge in [-0.2, -0.15) is 0 Å². The summed E-state index contributed by atoms with van der Waals surface area (Å²) >= 11 is 9.48. The maximum Gasteiger partial charge on any atom is 0.127 e. The van der Waals surface area contributed by atoms with Crippen molar-refractivity contribution >= 4 is 27.5 Å². The molecule has 2 atom stereocenters. The first-order valence-corrected chi connectivity index (χ1v) is 7.84. The lowest BCUT2D eigenvalue weighted by molar-refractivity contribution is 0.153. The first-order valence-electron chi connectivity index (χ1n) is 6.67. The van der Waals surface area contributed by atoms with E-state index in [0.717, 1.165) is 27.8 Å². The van der Waals surface area contributed by atoms with Gasteiger partial charge in [-0.05, 0) is 37.4 Å². The van der Waals surface area contributed by atoms with Crippen molar-refractivity contribution in [2.75, 3.05) is 7.05 Å². The van der Waals surface area contributed by atoms with Crippen molar-refractivity contribution in [3.63, 3.8) is 0 Å². The number of nitrogens with one attached hydrogen (secondary N) is 1. The summed E-state index contributed by atoms with van der Waals surface area (Å²) in [6, 6.07) is 10.4. The number of hydrogen-bond donors (Lipinski definition) is 1. The zero-order valence-electron chi connectivity index (χ0n) is 11.4. The highest BCUT2D eigenvalue weighted by Gasteiger charge is 2.29. The molecule has 2 aromatic carbocycles. The molecule has 0 amide bonds. The van der Waals surface area contributed by atoms with Gasteiger partial charge in [-0.25, -0.2) is 4.39 Å². The van der Waals surface area contributed by atoms with Crippen molar-refractivity contribution in [2.24, 2.45) is 0 Å². The van der Waals surface area contributed by atoms with Gasteiger partial charge in [0.1, 0.15) is 17.7 Å². The SMILES string of the molecule is CNC1CC(c2ccc(F)cc2Br)Oc2ccc(Cl)cc21. The van der Waals surface area contributed by atoms with Crippen molar-refractivity contribution in [1.29, 1.82) is 0 Å². The van der Waals surface area contributed by atoms with E-state index in [9.17, 15) is 4.39 Å². The highest BCUT2D eigenvalue weighted by molar-refractivity contribution is 9.10. The minimum absolute atomic E-state index is 0.133. The van der Waals surface area contributed by atoms with Gasteiger partial charge in [0.2, 0.25) is 0 Å². The number of benzene rings is 2. The predicted octanol–water partition coefficient (Wildman–Crippen LogP) is 5.03. The van der Waals surface area contributed by atoms with E-state index in [1.165, 1.54) is 12.1 Å². The van der Waals surface area contributed by atoms with Gasteiger partial charge >= 0.3 is 0 Å². The standard InChI is InChI=1S/C16H14BrClFNO/c1-20-14-8-16(11-4-3-10(19)7-13(11)17)21-15-5-2-9(18)6-12(14)15/h2-7,14,16,20H,8H2,1H3. The third-order valence-electron chi connectivity index (χ3n) is 3.72. The molecule has 1 aliphatic rings. The van der Waals surface area contributed by atoms with Crippen LogP contribution >= 0.6 is 27.5 Å². The molecule has 110 valence electrons. The quantitative estimate of drug-likeness (QED) is 0.801. The van der Waals surface area contributed by atoms with Crippen molar-refractivity contribution in [2.45, 2.75) is 18.6 Å². The lowest BCUT2D eigenvalue weighted by Crippen LogP contribution is -2.27. The minimum atomic E-state index is -0.265. The Bertz CT molecular complexity index is 679. The third-order valence-corrected chi connectivity index (χ3v) is 4.65. The second-order valence-electron chi connectivity index (χ2n) is 5.03. The fourth-order valence-corrected chi connectivity index (χ4v) is 3.45. The number of ether oxygens (including phenoxy) is 1. The van der Waals surface area contributed by atoms with Crippen LogP contribution in [0.5, 0.6) is 5.75 Å². The Morgan fingerprint density at radius 1 is 1.24 bits per heavy atom. The number of rotatable bonds is 2. The largest absolute Gasteiger partial charge is 0.485 e. The summed E-state index contributed by atoms with van der Waals surface area (Å²) in [6.45, 7) is 0. The van der Waals surface area contributed by atoms with Crippen molar-refractivity contribution in [3.8, 4) is 5.75 Å². The maximum atomic E-state index is 13.2. The van der Waals surface area contributed by atoms with Gasteiger partial charge in [-0.1, -0.05) is 33.6 Å². The molecule has 3 rings (SSSR count). The predicted molar refractivity (Wildman–Crippen MR) is 85.3 cm³/mol. The first-order chi connectivity index (χ1) is 10.1. The molecule has 0 saturated heterocycles. The molecule has 0 bridgehead atoms. The summed E-state index contributed by atoms with van der Waals surface area (Å²) in [4.78, 5) is 0. The van der Waals surface area contributed by atoms with Crippen LogP contribution in [-0.2, 0) is 0 Å². The number of fused-ring (bicyclic) bond motifs is 1. The Morgan fingerprint density at radius 3 is 2.76 bits per heavy atom. The number of hydrogen-bond acceptors (Lipinski definition) is 2. The first kappa shape index (κ1) is 14.8. The molecule has 0 aromatic heterocycles. The Morgan fingerprint density at radius 2 is 2.05 bits per heavy atom. The molecule has 1 aliphatic heterocycles. The zero-order chi connectivity index (χ0) is 15.0. The van der Waals surface area contributed by atoms with E-state index in [1.54, 1.807) is 6.07 Å². The van der Waals surface area contributed by atoms with Gasteiger partial charge in [0, 0.05) is 33.1 Å². The molecule has 5 heteroatoms. The molecule has 0 aliphatic carbocycles. The highest BCUT2D eigenvalue weighted by atomic mass is 79.9. The Labute approximate surface area is 136 Å². The van der Waals surface area contributed by atoms with Crippen LogP contribution in [0.3, 0.4) is 0 Å². The van der Waals surface area contributed by atoms with E-state index in [1.807, 2.05) is 25.2 Å². The summed E-state index contributed by atoms with van der Waals surface area (Å²) in [5.74, 6) is 0.546. The second-order valence-corrected chi connectivity index (χ2v) is 6.32. The van der Waals surface area contributed by atoms with Gasteiger partial charge in [-0.15, -0.1) is 0 Å². The normalized spacial score (nSPS) is 20.8. The summed E-state index contributed by atoms with van der Waals surface area (Å²) in [5, 5.41) is 3.98. The van der Waals surface area contributed by atoms with Crippen LogP contribution in [0.15, 0.2) is 40.9 Å².